The van der Waals surface area contributed by atoms with Gasteiger partial charge in [-0.05, 0) is 58.2 Å². The molecule has 3 aromatic rings. The van der Waals surface area contributed by atoms with Crippen LogP contribution in [0.5, 0.6) is 0 Å². The Labute approximate surface area is 270 Å². The normalized spacial score (nSPS) is 19.0. The zero-order valence-corrected chi connectivity index (χ0v) is 27.1. The fourth-order valence-corrected chi connectivity index (χ4v) is 5.10. The molecule has 244 valence electrons. The number of carbonyl (C=O) groups is 4. The van der Waals surface area contributed by atoms with Gasteiger partial charge in [0.25, 0.3) is 0 Å². The summed E-state index contributed by atoms with van der Waals surface area (Å²) < 4.78 is 22.9. The van der Waals surface area contributed by atoms with Crippen LogP contribution in [0.4, 0.5) is 9.59 Å². The van der Waals surface area contributed by atoms with Gasteiger partial charge in [-0.3, -0.25) is 4.90 Å². The molecule has 0 spiro atoms. The Bertz CT molecular complexity index is 1480. The highest BCUT2D eigenvalue weighted by molar-refractivity contribution is 5.86. The van der Waals surface area contributed by atoms with Crippen LogP contribution in [0.2, 0.25) is 0 Å². The van der Waals surface area contributed by atoms with Gasteiger partial charge in [0.05, 0.1) is 0 Å². The molecule has 46 heavy (non-hydrogen) atoms. The molecule has 0 saturated carbocycles. The summed E-state index contributed by atoms with van der Waals surface area (Å²) in [5, 5.41) is 2.56. The van der Waals surface area contributed by atoms with Gasteiger partial charge < -0.3 is 24.3 Å². The molecule has 1 saturated heterocycles. The highest BCUT2D eigenvalue weighted by Crippen LogP contribution is 2.43. The fraction of sp³-hybridized carbons (Fsp3) is 0.389. The monoisotopic (exact) mass is 630 g/mol. The molecule has 0 radical (unpaired) electrons. The van der Waals surface area contributed by atoms with E-state index >= 15 is 0 Å². The standard InChI is InChI=1S/C36H42N2O8/c1-35(2,3)45-31(39)27(37-33(41)46-36(4,5)6)22-28-32(40)44-30(26-20-14-9-15-21-26)29(25-18-12-8-13-19-25)38(28)34(42)43-23-24-16-10-7-11-17-24/h7-21,27-30H,22-23H2,1-6H3,(H,37,41)/t27-,28+,29+,30-/m0/s1. The van der Waals surface area contributed by atoms with Crippen molar-refractivity contribution in [3.63, 3.8) is 0 Å². The summed E-state index contributed by atoms with van der Waals surface area (Å²) >= 11 is 0. The number of ether oxygens (including phenoxy) is 4. The third-order valence-electron chi connectivity index (χ3n) is 6.96. The maximum atomic E-state index is 14.1. The molecule has 10 nitrogen and oxygen atoms in total. The third-order valence-corrected chi connectivity index (χ3v) is 6.96. The van der Waals surface area contributed by atoms with Crippen molar-refractivity contribution in [3.8, 4) is 0 Å². The zero-order chi connectivity index (χ0) is 33.5. The van der Waals surface area contributed by atoms with Crippen molar-refractivity contribution in [1.29, 1.82) is 0 Å². The van der Waals surface area contributed by atoms with E-state index in [9.17, 15) is 19.2 Å². The SMILES string of the molecule is CC(C)(C)OC(=O)N[C@@H](C[C@@H]1C(=O)O[C@@H](c2ccccc2)[C@@H](c2ccccc2)N1C(=O)OCc1ccccc1)C(=O)OC(C)(C)C. The van der Waals surface area contributed by atoms with E-state index in [4.69, 9.17) is 18.9 Å². The lowest BCUT2D eigenvalue weighted by Gasteiger charge is -2.45. The minimum absolute atomic E-state index is 0.0545. The molecule has 3 aromatic carbocycles. The molecule has 10 heteroatoms. The van der Waals surface area contributed by atoms with E-state index in [1.165, 1.54) is 4.90 Å². The van der Waals surface area contributed by atoms with Crippen LogP contribution < -0.4 is 5.32 Å². The summed E-state index contributed by atoms with van der Waals surface area (Å²) in [5.41, 5.74) is 0.332. The Morgan fingerprint density at radius 2 is 1.30 bits per heavy atom. The van der Waals surface area contributed by atoms with Crippen molar-refractivity contribution in [2.45, 2.75) is 90.0 Å². The first-order chi connectivity index (χ1) is 21.7. The number of hydrogen-bond acceptors (Lipinski definition) is 8. The number of rotatable bonds is 8. The van der Waals surface area contributed by atoms with Crippen LogP contribution in [0.15, 0.2) is 91.0 Å². The number of nitrogens with one attached hydrogen (secondary N) is 1. The largest absolute Gasteiger partial charge is 0.458 e. The van der Waals surface area contributed by atoms with Crippen LogP contribution in [0.1, 0.15) is 76.8 Å². The molecule has 1 heterocycles. The second-order valence-electron chi connectivity index (χ2n) is 13.1. The first-order valence-corrected chi connectivity index (χ1v) is 15.2. The molecule has 0 unspecified atom stereocenters. The smallest absolute Gasteiger partial charge is 0.411 e. The topological polar surface area (TPSA) is 120 Å². The molecule has 1 N–H and O–H groups in total. The quantitative estimate of drug-likeness (QED) is 0.217. The minimum atomic E-state index is -1.37. The molecule has 0 bridgehead atoms. The van der Waals surface area contributed by atoms with Crippen molar-refractivity contribution < 1.29 is 38.1 Å². The first-order valence-electron chi connectivity index (χ1n) is 15.2. The summed E-state index contributed by atoms with van der Waals surface area (Å²) in [4.78, 5) is 55.8. The molecule has 0 aliphatic carbocycles. The minimum Gasteiger partial charge on any atom is -0.458 e. The molecular weight excluding hydrogens is 588 g/mol. The average molecular weight is 631 g/mol. The van der Waals surface area contributed by atoms with Gasteiger partial charge >= 0.3 is 24.1 Å². The Hall–Kier alpha value is -4.86. The molecule has 4 atom stereocenters. The Kier molecular flexibility index (Phi) is 10.7. The number of amides is 2. The van der Waals surface area contributed by atoms with Gasteiger partial charge in [0.15, 0.2) is 6.10 Å². The number of nitrogens with zero attached hydrogens (tertiary/aromatic N) is 1. The first kappa shape index (κ1) is 34.0. The number of carbonyl (C=O) groups excluding carboxylic acids is 4. The van der Waals surface area contributed by atoms with Gasteiger partial charge in [-0.25, -0.2) is 19.2 Å². The molecule has 1 aliphatic heterocycles. The highest BCUT2D eigenvalue weighted by atomic mass is 16.6. The molecule has 1 fully saturated rings. The van der Waals surface area contributed by atoms with Crippen LogP contribution in [0, 0.1) is 0 Å². The number of benzene rings is 3. The zero-order valence-electron chi connectivity index (χ0n) is 27.1. The summed E-state index contributed by atoms with van der Waals surface area (Å²) in [7, 11) is 0. The number of esters is 2. The highest BCUT2D eigenvalue weighted by Gasteiger charge is 2.50. The molecule has 0 aromatic heterocycles. The second kappa shape index (κ2) is 14.5. The summed E-state index contributed by atoms with van der Waals surface area (Å²) in [6.07, 6.45) is -2.93. The van der Waals surface area contributed by atoms with E-state index in [-0.39, 0.29) is 13.0 Å². The Morgan fingerprint density at radius 3 is 1.85 bits per heavy atom. The van der Waals surface area contributed by atoms with E-state index in [0.717, 1.165) is 5.56 Å². The Morgan fingerprint density at radius 1 is 0.783 bits per heavy atom. The van der Waals surface area contributed by atoms with Gasteiger partial charge in [-0.2, -0.15) is 0 Å². The summed E-state index contributed by atoms with van der Waals surface area (Å²) in [6.45, 7) is 10.1. The third kappa shape index (κ3) is 9.32. The van der Waals surface area contributed by atoms with E-state index < -0.39 is 59.6 Å². The van der Waals surface area contributed by atoms with Gasteiger partial charge in [0.2, 0.25) is 0 Å². The van der Waals surface area contributed by atoms with Gasteiger partial charge in [0, 0.05) is 6.42 Å². The van der Waals surface area contributed by atoms with Crippen molar-refractivity contribution in [3.05, 3.63) is 108 Å². The molecular formula is C36H42N2O8. The lowest BCUT2D eigenvalue weighted by molar-refractivity contribution is -0.175. The van der Waals surface area contributed by atoms with Crippen molar-refractivity contribution in [2.75, 3.05) is 0 Å². The molecule has 1 aliphatic rings. The van der Waals surface area contributed by atoms with Crippen molar-refractivity contribution in [2.24, 2.45) is 0 Å². The predicted octanol–water partition coefficient (Wildman–Crippen LogP) is 6.66. The summed E-state index contributed by atoms with van der Waals surface area (Å²) in [6, 6.07) is 23.9. The van der Waals surface area contributed by atoms with Crippen LogP contribution >= 0.6 is 0 Å². The Balaban J connectivity index is 1.77. The van der Waals surface area contributed by atoms with Crippen LogP contribution in [0.3, 0.4) is 0 Å². The van der Waals surface area contributed by atoms with Gasteiger partial charge in [0.1, 0.15) is 35.9 Å². The van der Waals surface area contributed by atoms with Gasteiger partial charge in [-0.1, -0.05) is 91.0 Å². The van der Waals surface area contributed by atoms with E-state index in [1.807, 2.05) is 91.0 Å². The maximum absolute atomic E-state index is 14.1. The average Bonchev–Trinajstić information content (AvgIpc) is 2.99. The van der Waals surface area contributed by atoms with Crippen LogP contribution in [-0.2, 0) is 35.1 Å². The van der Waals surface area contributed by atoms with Crippen molar-refractivity contribution in [1.82, 2.24) is 10.2 Å². The van der Waals surface area contributed by atoms with E-state index in [2.05, 4.69) is 5.32 Å². The lowest BCUT2D eigenvalue weighted by atomic mass is 9.90. The number of morpholine rings is 1. The predicted molar refractivity (Wildman–Crippen MR) is 170 cm³/mol. The maximum Gasteiger partial charge on any atom is 0.411 e. The van der Waals surface area contributed by atoms with Crippen molar-refractivity contribution >= 4 is 24.1 Å². The number of alkyl carbamates (subject to hydrolysis) is 1. The fourth-order valence-electron chi connectivity index (χ4n) is 5.10. The molecule has 2 amide bonds. The molecule has 4 rings (SSSR count). The van der Waals surface area contributed by atoms with E-state index in [0.29, 0.717) is 11.1 Å². The van der Waals surface area contributed by atoms with Crippen LogP contribution in [0.25, 0.3) is 0 Å². The summed E-state index contributed by atoms with van der Waals surface area (Å²) in [5.74, 6) is -1.57. The second-order valence-corrected chi connectivity index (χ2v) is 13.1. The number of cyclic esters (lactones) is 1. The van der Waals surface area contributed by atoms with Crippen LogP contribution in [-0.4, -0.2) is 52.3 Å². The van der Waals surface area contributed by atoms with E-state index in [1.54, 1.807) is 41.5 Å². The number of hydrogen-bond donors (Lipinski definition) is 1. The van der Waals surface area contributed by atoms with Gasteiger partial charge in [-0.15, -0.1) is 0 Å². The lowest BCUT2D eigenvalue weighted by Crippen LogP contribution is -2.58.